The molecule has 5 N–H and O–H groups in total. The molecule has 0 aliphatic carbocycles. The Kier molecular flexibility index (Phi) is 5.40. The Morgan fingerprint density at radius 3 is 3.00 bits per heavy atom. The number of nitrogens with two attached hydrogens (primary N) is 2. The Hall–Kier alpha value is -0.160. The number of nitrogens with zero attached hydrogens (tertiary/aromatic N) is 1. The SMILES string of the molecule is CN1CCCC(CNCC(N)CN)C1. The largest absolute Gasteiger partial charge is 0.329 e. The number of hydrogen-bond acceptors (Lipinski definition) is 4. The van der Waals surface area contributed by atoms with Crippen LogP contribution < -0.4 is 16.8 Å². The number of likely N-dealkylation sites (tertiary alicyclic amines) is 1. The molecule has 0 aromatic carbocycles. The normalized spacial score (nSPS) is 26.4. The van der Waals surface area contributed by atoms with Crippen LogP contribution in [0, 0.1) is 5.92 Å². The van der Waals surface area contributed by atoms with Crippen molar-refractivity contribution in [2.75, 3.05) is 39.8 Å². The van der Waals surface area contributed by atoms with Gasteiger partial charge in [-0.3, -0.25) is 0 Å². The molecule has 1 fully saturated rings. The minimum atomic E-state index is 0.108. The Labute approximate surface area is 87.0 Å². The van der Waals surface area contributed by atoms with Gasteiger partial charge in [-0.25, -0.2) is 0 Å². The summed E-state index contributed by atoms with van der Waals surface area (Å²) in [6.07, 6.45) is 2.67. The third-order valence-electron chi connectivity index (χ3n) is 2.86. The number of piperidine rings is 1. The van der Waals surface area contributed by atoms with Gasteiger partial charge in [-0.1, -0.05) is 0 Å². The van der Waals surface area contributed by atoms with E-state index in [2.05, 4.69) is 17.3 Å². The number of hydrogen-bond donors (Lipinski definition) is 3. The Bertz CT molecular complexity index is 151. The first kappa shape index (κ1) is 11.9. The van der Waals surface area contributed by atoms with Crippen LogP contribution in [0.3, 0.4) is 0 Å². The Balaban J connectivity index is 2.05. The molecule has 2 unspecified atom stereocenters. The van der Waals surface area contributed by atoms with Gasteiger partial charge in [0.15, 0.2) is 0 Å². The van der Waals surface area contributed by atoms with E-state index in [1.807, 2.05) is 0 Å². The van der Waals surface area contributed by atoms with E-state index >= 15 is 0 Å². The van der Waals surface area contributed by atoms with E-state index in [0.29, 0.717) is 6.54 Å². The van der Waals surface area contributed by atoms with Gasteiger partial charge in [-0.05, 0) is 38.9 Å². The van der Waals surface area contributed by atoms with Gasteiger partial charge in [0, 0.05) is 25.7 Å². The molecule has 0 aromatic rings. The van der Waals surface area contributed by atoms with Crippen LogP contribution in [-0.4, -0.2) is 50.7 Å². The minimum Gasteiger partial charge on any atom is -0.329 e. The standard InChI is InChI=1S/C10H24N4/c1-14-4-2-3-9(8-14)6-13-7-10(12)5-11/h9-10,13H,2-8,11-12H2,1H3. The average Bonchev–Trinajstić information content (AvgIpc) is 2.17. The Morgan fingerprint density at radius 1 is 1.57 bits per heavy atom. The van der Waals surface area contributed by atoms with Gasteiger partial charge in [0.2, 0.25) is 0 Å². The molecule has 14 heavy (non-hydrogen) atoms. The van der Waals surface area contributed by atoms with Crippen molar-refractivity contribution in [3.8, 4) is 0 Å². The summed E-state index contributed by atoms with van der Waals surface area (Å²) in [6, 6.07) is 0.108. The topological polar surface area (TPSA) is 67.3 Å². The van der Waals surface area contributed by atoms with Crippen molar-refractivity contribution < 1.29 is 0 Å². The van der Waals surface area contributed by atoms with Crippen LogP contribution in [0.5, 0.6) is 0 Å². The first-order valence-electron chi connectivity index (χ1n) is 5.57. The Morgan fingerprint density at radius 2 is 2.36 bits per heavy atom. The molecule has 0 aromatic heterocycles. The van der Waals surface area contributed by atoms with Crippen LogP contribution in [0.2, 0.25) is 0 Å². The fourth-order valence-electron chi connectivity index (χ4n) is 2.00. The molecule has 1 rings (SSSR count). The lowest BCUT2D eigenvalue weighted by molar-refractivity contribution is 0.206. The van der Waals surface area contributed by atoms with Crippen molar-refractivity contribution in [3.05, 3.63) is 0 Å². The second-order valence-electron chi connectivity index (χ2n) is 4.42. The summed E-state index contributed by atoms with van der Waals surface area (Å²) in [4.78, 5) is 2.40. The van der Waals surface area contributed by atoms with Crippen molar-refractivity contribution in [2.45, 2.75) is 18.9 Å². The smallest absolute Gasteiger partial charge is 0.0290 e. The van der Waals surface area contributed by atoms with Gasteiger partial charge in [-0.15, -0.1) is 0 Å². The molecular weight excluding hydrogens is 176 g/mol. The molecule has 0 spiro atoms. The van der Waals surface area contributed by atoms with Gasteiger partial charge >= 0.3 is 0 Å². The highest BCUT2D eigenvalue weighted by Gasteiger charge is 2.16. The zero-order valence-corrected chi connectivity index (χ0v) is 9.21. The van der Waals surface area contributed by atoms with Gasteiger partial charge in [-0.2, -0.15) is 0 Å². The number of rotatable bonds is 5. The van der Waals surface area contributed by atoms with Crippen LogP contribution in [0.4, 0.5) is 0 Å². The van der Waals surface area contributed by atoms with Crippen LogP contribution in [-0.2, 0) is 0 Å². The van der Waals surface area contributed by atoms with Gasteiger partial charge in [0.1, 0.15) is 0 Å². The molecule has 0 radical (unpaired) electrons. The van der Waals surface area contributed by atoms with Crippen molar-refractivity contribution in [2.24, 2.45) is 17.4 Å². The van der Waals surface area contributed by atoms with E-state index in [9.17, 15) is 0 Å². The molecule has 1 heterocycles. The van der Waals surface area contributed by atoms with Crippen LogP contribution in [0.1, 0.15) is 12.8 Å². The molecule has 1 saturated heterocycles. The molecule has 1 aliphatic heterocycles. The van der Waals surface area contributed by atoms with Crippen LogP contribution in [0.25, 0.3) is 0 Å². The lowest BCUT2D eigenvalue weighted by Crippen LogP contribution is -2.43. The van der Waals surface area contributed by atoms with E-state index in [1.54, 1.807) is 0 Å². The monoisotopic (exact) mass is 200 g/mol. The van der Waals surface area contributed by atoms with Crippen LogP contribution in [0.15, 0.2) is 0 Å². The fourth-order valence-corrected chi connectivity index (χ4v) is 2.00. The van der Waals surface area contributed by atoms with Gasteiger partial charge in [0.05, 0.1) is 0 Å². The molecular formula is C10H24N4. The molecule has 0 saturated carbocycles. The summed E-state index contributed by atoms with van der Waals surface area (Å²) < 4.78 is 0. The molecule has 4 heteroatoms. The van der Waals surface area contributed by atoms with Crippen molar-refractivity contribution in [3.63, 3.8) is 0 Å². The van der Waals surface area contributed by atoms with Crippen LogP contribution >= 0.6 is 0 Å². The summed E-state index contributed by atoms with van der Waals surface area (Å²) in [5.41, 5.74) is 11.2. The van der Waals surface area contributed by atoms with E-state index in [4.69, 9.17) is 11.5 Å². The van der Waals surface area contributed by atoms with Crippen molar-refractivity contribution >= 4 is 0 Å². The van der Waals surface area contributed by atoms with E-state index in [1.165, 1.54) is 25.9 Å². The molecule has 0 amide bonds. The highest BCUT2D eigenvalue weighted by molar-refractivity contribution is 4.74. The summed E-state index contributed by atoms with van der Waals surface area (Å²) in [5, 5.41) is 3.39. The quantitative estimate of drug-likeness (QED) is 0.544. The molecule has 0 bridgehead atoms. The second-order valence-corrected chi connectivity index (χ2v) is 4.42. The average molecular weight is 200 g/mol. The van der Waals surface area contributed by atoms with Crippen molar-refractivity contribution in [1.29, 1.82) is 0 Å². The lowest BCUT2D eigenvalue weighted by atomic mass is 9.98. The fraction of sp³-hybridized carbons (Fsp3) is 1.00. The minimum absolute atomic E-state index is 0.108. The highest BCUT2D eigenvalue weighted by atomic mass is 15.1. The molecule has 2 atom stereocenters. The number of nitrogens with one attached hydrogen (secondary N) is 1. The predicted molar refractivity (Wildman–Crippen MR) is 60.1 cm³/mol. The molecule has 1 aliphatic rings. The van der Waals surface area contributed by atoms with Crippen molar-refractivity contribution in [1.82, 2.24) is 10.2 Å². The second kappa shape index (κ2) is 6.35. The molecule has 84 valence electrons. The van der Waals surface area contributed by atoms with E-state index in [-0.39, 0.29) is 6.04 Å². The first-order chi connectivity index (χ1) is 6.72. The highest BCUT2D eigenvalue weighted by Crippen LogP contribution is 2.13. The zero-order valence-electron chi connectivity index (χ0n) is 9.21. The first-order valence-corrected chi connectivity index (χ1v) is 5.57. The van der Waals surface area contributed by atoms with Gasteiger partial charge < -0.3 is 21.7 Å². The third-order valence-corrected chi connectivity index (χ3v) is 2.86. The zero-order chi connectivity index (χ0) is 10.4. The maximum Gasteiger partial charge on any atom is 0.0290 e. The maximum absolute atomic E-state index is 5.72. The third kappa shape index (κ3) is 4.37. The summed E-state index contributed by atoms with van der Waals surface area (Å²) in [7, 11) is 2.19. The van der Waals surface area contributed by atoms with E-state index < -0.39 is 0 Å². The summed E-state index contributed by atoms with van der Waals surface area (Å²) >= 11 is 0. The maximum atomic E-state index is 5.72. The predicted octanol–water partition coefficient (Wildman–Crippen LogP) is -0.796. The van der Waals surface area contributed by atoms with E-state index in [0.717, 1.165) is 19.0 Å². The van der Waals surface area contributed by atoms with Gasteiger partial charge in [0.25, 0.3) is 0 Å². The molecule has 4 nitrogen and oxygen atoms in total. The summed E-state index contributed by atoms with van der Waals surface area (Å²) in [6.45, 7) is 4.95. The summed E-state index contributed by atoms with van der Waals surface area (Å²) in [5.74, 6) is 0.790. The lowest BCUT2D eigenvalue weighted by Gasteiger charge is -2.30.